The molecular formula is C9H12BN6O3. The highest BCUT2D eigenvalue weighted by Crippen LogP contribution is 2.29. The van der Waals surface area contributed by atoms with Crippen LogP contribution in [0.5, 0.6) is 0 Å². The van der Waals surface area contributed by atoms with E-state index in [-0.39, 0.29) is 38.2 Å². The number of hydrogen-bond acceptors (Lipinski definition) is 8. The number of nitrogens with two attached hydrogens (primary N) is 1. The molecule has 1 aliphatic heterocycles. The van der Waals surface area contributed by atoms with E-state index in [0.717, 1.165) is 0 Å². The Balaban J connectivity index is 2.28. The van der Waals surface area contributed by atoms with Crippen LogP contribution in [0.3, 0.4) is 0 Å². The monoisotopic (exact) mass is 263 g/mol. The number of nitrogen functional groups attached to an aromatic ring is 1. The van der Waals surface area contributed by atoms with Gasteiger partial charge in [0.1, 0.15) is 12.4 Å². The van der Waals surface area contributed by atoms with Crippen molar-refractivity contribution >= 4 is 24.9 Å². The molecule has 0 spiro atoms. The molecule has 1 radical (unpaired) electrons. The summed E-state index contributed by atoms with van der Waals surface area (Å²) in [5.41, 5.74) is 5.34. The molecule has 0 fully saturated rings. The average molecular weight is 263 g/mol. The first kappa shape index (κ1) is 13.2. The van der Waals surface area contributed by atoms with Crippen LogP contribution in [0, 0.1) is 11.2 Å². The van der Waals surface area contributed by atoms with Crippen LogP contribution < -0.4 is 21.0 Å². The van der Waals surface area contributed by atoms with Crippen molar-refractivity contribution in [2.45, 2.75) is 0 Å². The van der Waals surface area contributed by atoms with Gasteiger partial charge in [0.05, 0.1) is 19.9 Å². The summed E-state index contributed by atoms with van der Waals surface area (Å²) in [6, 6.07) is 0. The van der Waals surface area contributed by atoms with E-state index < -0.39 is 5.56 Å². The van der Waals surface area contributed by atoms with E-state index in [9.17, 15) is 4.79 Å². The summed E-state index contributed by atoms with van der Waals surface area (Å²) < 4.78 is 5.19. The van der Waals surface area contributed by atoms with Crippen LogP contribution in [0.4, 0.5) is 17.5 Å². The lowest BCUT2D eigenvalue weighted by molar-refractivity contribution is 0.0931. The van der Waals surface area contributed by atoms with E-state index in [0.29, 0.717) is 5.82 Å². The lowest BCUT2D eigenvalue weighted by Crippen LogP contribution is -2.35. The Morgan fingerprint density at radius 2 is 2.47 bits per heavy atom. The van der Waals surface area contributed by atoms with Gasteiger partial charge in [-0.15, -0.1) is 0 Å². The van der Waals surface area contributed by atoms with E-state index in [1.54, 1.807) is 4.90 Å². The maximum Gasteiger partial charge on any atom is 0.388 e. The maximum absolute atomic E-state index is 11.8. The molecule has 2 rings (SSSR count). The zero-order valence-corrected chi connectivity index (χ0v) is 10.0. The summed E-state index contributed by atoms with van der Waals surface area (Å²) in [6.45, 7) is 0.471. The smallest absolute Gasteiger partial charge is 0.388 e. The molecule has 0 bridgehead atoms. The van der Waals surface area contributed by atoms with Gasteiger partial charge in [0.25, 0.3) is 5.56 Å². The predicted octanol–water partition coefficient (Wildman–Crippen LogP) is -2.00. The number of rotatable bonds is 5. The Morgan fingerprint density at radius 3 is 3.16 bits per heavy atom. The van der Waals surface area contributed by atoms with E-state index in [2.05, 4.69) is 9.97 Å². The van der Waals surface area contributed by atoms with Gasteiger partial charge in [-0.05, 0) is 0 Å². The Kier molecular flexibility index (Phi) is 3.89. The topological polar surface area (TPSA) is 132 Å². The molecule has 0 amide bonds. The van der Waals surface area contributed by atoms with Crippen molar-refractivity contribution < 1.29 is 9.84 Å². The highest BCUT2D eigenvalue weighted by Gasteiger charge is 2.31. The summed E-state index contributed by atoms with van der Waals surface area (Å²) in [4.78, 5) is 21.4. The van der Waals surface area contributed by atoms with Crippen molar-refractivity contribution in [2.24, 2.45) is 0 Å². The molecule has 0 unspecified atom stereocenters. The molecule has 19 heavy (non-hydrogen) atoms. The number of aliphatic hydroxyl groups excluding tert-OH is 1. The van der Waals surface area contributed by atoms with Crippen LogP contribution in [-0.2, 0) is 4.74 Å². The van der Waals surface area contributed by atoms with Crippen molar-refractivity contribution in [3.63, 3.8) is 0 Å². The SMILES string of the molecule is N#C[B]N1CN(COCCO)c2nc(N)[nH]c(=O)c21. The Morgan fingerprint density at radius 1 is 1.68 bits per heavy atom. The number of H-pyrrole nitrogens is 1. The fourth-order valence-corrected chi connectivity index (χ4v) is 1.79. The zero-order valence-electron chi connectivity index (χ0n) is 10.0. The molecule has 1 aromatic heterocycles. The summed E-state index contributed by atoms with van der Waals surface area (Å²) in [5.74, 6) is 2.21. The molecule has 0 atom stereocenters. The summed E-state index contributed by atoms with van der Waals surface area (Å²) in [7, 11) is 1.22. The number of hydrogen-bond donors (Lipinski definition) is 3. The van der Waals surface area contributed by atoms with Crippen LogP contribution in [0.2, 0.25) is 0 Å². The molecule has 10 heteroatoms. The minimum atomic E-state index is -0.418. The summed E-state index contributed by atoms with van der Waals surface area (Å²) in [5, 5.41) is 17.4. The van der Waals surface area contributed by atoms with Crippen LogP contribution in [-0.4, -0.2) is 49.1 Å². The highest BCUT2D eigenvalue weighted by atomic mass is 16.5. The minimum absolute atomic E-state index is 0.00489. The number of aromatic amines is 1. The third-order valence-corrected chi connectivity index (χ3v) is 2.50. The number of aliphatic hydroxyl groups is 1. The van der Waals surface area contributed by atoms with Crippen LogP contribution in [0.25, 0.3) is 0 Å². The lowest BCUT2D eigenvalue weighted by atomic mass is 9.95. The first-order valence-corrected chi connectivity index (χ1v) is 5.50. The summed E-state index contributed by atoms with van der Waals surface area (Å²) in [6.07, 6.45) is 0. The van der Waals surface area contributed by atoms with Gasteiger partial charge in [-0.25, -0.2) is 5.26 Å². The summed E-state index contributed by atoms with van der Waals surface area (Å²) >= 11 is 0. The van der Waals surface area contributed by atoms with E-state index >= 15 is 0 Å². The first-order chi connectivity index (χ1) is 9.17. The van der Waals surface area contributed by atoms with Crippen LogP contribution in [0.1, 0.15) is 0 Å². The number of nitrogens with zero attached hydrogens (tertiary/aromatic N) is 4. The van der Waals surface area contributed by atoms with E-state index in [1.165, 1.54) is 12.2 Å². The van der Waals surface area contributed by atoms with Crippen molar-refractivity contribution in [3.05, 3.63) is 10.4 Å². The molecule has 0 saturated carbocycles. The number of anilines is 3. The van der Waals surface area contributed by atoms with Gasteiger partial charge < -0.3 is 25.3 Å². The fraction of sp³-hybridized carbons (Fsp3) is 0.444. The van der Waals surface area contributed by atoms with Crippen molar-refractivity contribution in [2.75, 3.05) is 42.1 Å². The number of fused-ring (bicyclic) bond motifs is 1. The van der Waals surface area contributed by atoms with Gasteiger partial charge in [0.2, 0.25) is 5.95 Å². The molecule has 9 nitrogen and oxygen atoms in total. The van der Waals surface area contributed by atoms with Gasteiger partial charge in [0.15, 0.2) is 5.82 Å². The third-order valence-electron chi connectivity index (χ3n) is 2.50. The zero-order chi connectivity index (χ0) is 13.8. The fourth-order valence-electron chi connectivity index (χ4n) is 1.79. The van der Waals surface area contributed by atoms with Gasteiger partial charge in [-0.1, -0.05) is 0 Å². The largest absolute Gasteiger partial charge is 0.394 e. The van der Waals surface area contributed by atoms with Gasteiger partial charge in [-0.3, -0.25) is 9.78 Å². The molecule has 0 aliphatic carbocycles. The molecule has 0 saturated heterocycles. The van der Waals surface area contributed by atoms with Crippen LogP contribution >= 0.6 is 0 Å². The predicted molar refractivity (Wildman–Crippen MR) is 68.4 cm³/mol. The molecule has 1 aromatic rings. The second-order valence-electron chi connectivity index (χ2n) is 3.79. The normalized spacial score (nSPS) is 13.3. The molecule has 4 N–H and O–H groups in total. The van der Waals surface area contributed by atoms with Crippen molar-refractivity contribution in [3.8, 4) is 5.97 Å². The second kappa shape index (κ2) is 5.60. The maximum atomic E-state index is 11.8. The van der Waals surface area contributed by atoms with Gasteiger partial charge >= 0.3 is 7.41 Å². The molecular weight excluding hydrogens is 251 g/mol. The van der Waals surface area contributed by atoms with Gasteiger partial charge in [-0.2, -0.15) is 4.98 Å². The molecule has 2 heterocycles. The molecule has 1 aliphatic rings. The van der Waals surface area contributed by atoms with E-state index in [4.69, 9.17) is 20.8 Å². The standard InChI is InChI=1S/C9H12BN6O3/c11-3-10-16-4-15(5-19-2-1-17)7-6(16)8(18)14-9(12)13-7/h17H,1-2,4-5H2,(H3,12,13,14,18). The third kappa shape index (κ3) is 2.62. The van der Waals surface area contributed by atoms with Gasteiger partial charge in [0, 0.05) is 5.97 Å². The Labute approximate surface area is 109 Å². The quantitative estimate of drug-likeness (QED) is 0.410. The van der Waals surface area contributed by atoms with Crippen molar-refractivity contribution in [1.82, 2.24) is 9.97 Å². The minimum Gasteiger partial charge on any atom is -0.394 e. The Bertz CT molecular complexity index is 556. The number of nitrogens with one attached hydrogen (secondary N) is 1. The lowest BCUT2D eigenvalue weighted by Gasteiger charge is -2.18. The number of ether oxygens (including phenoxy) is 1. The Hall–Kier alpha value is -2.25. The molecule has 99 valence electrons. The first-order valence-electron chi connectivity index (χ1n) is 5.50. The van der Waals surface area contributed by atoms with Crippen molar-refractivity contribution in [1.29, 1.82) is 5.26 Å². The highest BCUT2D eigenvalue weighted by molar-refractivity contribution is 6.50. The average Bonchev–Trinajstić information content (AvgIpc) is 2.69. The number of nitriles is 1. The van der Waals surface area contributed by atoms with Crippen LogP contribution in [0.15, 0.2) is 4.79 Å². The number of aromatic nitrogens is 2. The van der Waals surface area contributed by atoms with E-state index in [1.807, 2.05) is 5.97 Å². The second-order valence-corrected chi connectivity index (χ2v) is 3.79. The molecule has 0 aromatic carbocycles.